The van der Waals surface area contributed by atoms with Crippen molar-refractivity contribution < 1.29 is 0 Å². The van der Waals surface area contributed by atoms with Gasteiger partial charge in [0.2, 0.25) is 0 Å². The van der Waals surface area contributed by atoms with E-state index in [9.17, 15) is 0 Å². The number of benzene rings is 1. The van der Waals surface area contributed by atoms with Crippen LogP contribution >= 0.6 is 31.9 Å². The Labute approximate surface area is 115 Å². The normalized spacial score (nSPS) is 10.9. The molecule has 0 unspecified atom stereocenters. The van der Waals surface area contributed by atoms with Gasteiger partial charge in [-0.3, -0.25) is 0 Å². The summed E-state index contributed by atoms with van der Waals surface area (Å²) < 4.78 is 1.67. The Kier molecular flexibility index (Phi) is 3.86. The van der Waals surface area contributed by atoms with Gasteiger partial charge in [-0.15, -0.1) is 10.2 Å². The van der Waals surface area contributed by atoms with Crippen LogP contribution in [0.2, 0.25) is 0 Å². The minimum atomic E-state index is 0.532. The summed E-state index contributed by atoms with van der Waals surface area (Å²) in [4.78, 5) is 4.13. The Hall–Kier alpha value is -1.27. The molecule has 0 atom stereocenters. The van der Waals surface area contributed by atoms with E-state index >= 15 is 0 Å². The summed E-state index contributed by atoms with van der Waals surface area (Å²) in [6.45, 7) is 0. The number of rotatable bonds is 2. The number of nitrogen functional groups attached to an aromatic ring is 1. The summed E-state index contributed by atoms with van der Waals surface area (Å²) >= 11 is 6.69. The van der Waals surface area contributed by atoms with Crippen LogP contribution in [0, 0.1) is 0 Å². The van der Waals surface area contributed by atoms with Gasteiger partial charge in [0.25, 0.3) is 0 Å². The van der Waals surface area contributed by atoms with Gasteiger partial charge in [0.15, 0.2) is 5.82 Å². The third-order valence-electron chi connectivity index (χ3n) is 1.94. The fraction of sp³-hybridized carbons (Fsp3) is 0. The van der Waals surface area contributed by atoms with E-state index in [1.807, 2.05) is 6.07 Å². The molecule has 86 valence electrons. The van der Waals surface area contributed by atoms with Gasteiger partial charge in [0.1, 0.15) is 0 Å². The van der Waals surface area contributed by atoms with E-state index in [2.05, 4.69) is 47.1 Å². The summed E-state index contributed by atoms with van der Waals surface area (Å²) in [5.74, 6) is 0.532. The number of pyridine rings is 1. The number of nitrogens with zero attached hydrogens (tertiary/aromatic N) is 3. The van der Waals surface area contributed by atoms with E-state index in [4.69, 9.17) is 5.73 Å². The van der Waals surface area contributed by atoms with Crippen molar-refractivity contribution in [1.29, 1.82) is 0 Å². The van der Waals surface area contributed by atoms with E-state index in [0.717, 1.165) is 14.6 Å². The van der Waals surface area contributed by atoms with Crippen molar-refractivity contribution in [1.82, 2.24) is 4.98 Å². The number of nitrogens with two attached hydrogens (primary N) is 1. The van der Waals surface area contributed by atoms with Gasteiger partial charge in [-0.25, -0.2) is 4.98 Å². The molecule has 0 aliphatic carbocycles. The lowest BCUT2D eigenvalue weighted by Crippen LogP contribution is -1.80. The summed E-state index contributed by atoms with van der Waals surface area (Å²) in [5, 5.41) is 8.12. The molecule has 0 saturated heterocycles. The van der Waals surface area contributed by atoms with Crippen LogP contribution in [0.5, 0.6) is 0 Å². The predicted octanol–water partition coefficient (Wildman–Crippen LogP) is 4.60. The third-order valence-corrected chi connectivity index (χ3v) is 2.96. The summed E-state index contributed by atoms with van der Waals surface area (Å²) in [6.07, 6.45) is 1.67. The van der Waals surface area contributed by atoms with Crippen molar-refractivity contribution in [2.45, 2.75) is 0 Å². The van der Waals surface area contributed by atoms with Crippen LogP contribution in [0.4, 0.5) is 17.2 Å². The maximum absolute atomic E-state index is 5.58. The van der Waals surface area contributed by atoms with Gasteiger partial charge in [-0.2, -0.15) is 0 Å². The molecule has 0 amide bonds. The zero-order valence-corrected chi connectivity index (χ0v) is 11.8. The highest BCUT2D eigenvalue weighted by Crippen LogP contribution is 2.27. The second-order valence-electron chi connectivity index (χ2n) is 3.25. The highest BCUT2D eigenvalue weighted by molar-refractivity contribution is 9.11. The van der Waals surface area contributed by atoms with E-state index in [-0.39, 0.29) is 0 Å². The van der Waals surface area contributed by atoms with Crippen LogP contribution in [0.1, 0.15) is 0 Å². The van der Waals surface area contributed by atoms with Crippen molar-refractivity contribution >= 4 is 49.1 Å². The summed E-state index contributed by atoms with van der Waals surface area (Å²) in [6, 6.07) is 9.01. The molecule has 1 heterocycles. The molecular formula is C11H8Br2N4. The van der Waals surface area contributed by atoms with Crippen molar-refractivity contribution in [2.75, 3.05) is 5.73 Å². The number of hydrogen-bond donors (Lipinski definition) is 1. The fourth-order valence-corrected chi connectivity index (χ4v) is 2.19. The first-order valence-corrected chi connectivity index (χ1v) is 6.32. The highest BCUT2D eigenvalue weighted by Gasteiger charge is 2.00. The minimum absolute atomic E-state index is 0.532. The smallest absolute Gasteiger partial charge is 0.188 e. The SMILES string of the molecule is Nc1ccc(N=Nc2ncc(Br)cc2Br)cc1. The molecule has 0 radical (unpaired) electrons. The Bertz CT molecular complexity index is 552. The second-order valence-corrected chi connectivity index (χ2v) is 5.02. The fourth-order valence-electron chi connectivity index (χ4n) is 1.13. The molecule has 6 heteroatoms. The first kappa shape index (κ1) is 12.2. The number of hydrogen-bond acceptors (Lipinski definition) is 4. The Morgan fingerprint density at radius 2 is 1.76 bits per heavy atom. The van der Waals surface area contributed by atoms with E-state index in [1.54, 1.807) is 30.5 Å². The molecule has 2 aromatic rings. The Balaban J connectivity index is 2.23. The highest BCUT2D eigenvalue weighted by atomic mass is 79.9. The van der Waals surface area contributed by atoms with Gasteiger partial charge >= 0.3 is 0 Å². The van der Waals surface area contributed by atoms with Crippen molar-refractivity contribution in [3.8, 4) is 0 Å². The van der Waals surface area contributed by atoms with Crippen LogP contribution in [0.3, 0.4) is 0 Å². The maximum atomic E-state index is 5.58. The molecule has 0 aliphatic rings. The molecule has 0 saturated carbocycles. The molecule has 1 aromatic carbocycles. The Morgan fingerprint density at radius 1 is 1.06 bits per heavy atom. The summed E-state index contributed by atoms with van der Waals surface area (Å²) in [5.41, 5.74) is 7.01. The molecule has 0 spiro atoms. The zero-order chi connectivity index (χ0) is 12.3. The lowest BCUT2D eigenvalue weighted by atomic mass is 10.3. The second kappa shape index (κ2) is 5.37. The zero-order valence-electron chi connectivity index (χ0n) is 8.64. The van der Waals surface area contributed by atoms with Gasteiger partial charge in [-0.05, 0) is 62.2 Å². The topological polar surface area (TPSA) is 63.6 Å². The first-order valence-electron chi connectivity index (χ1n) is 4.73. The third kappa shape index (κ3) is 3.34. The molecule has 17 heavy (non-hydrogen) atoms. The van der Waals surface area contributed by atoms with Gasteiger partial charge in [-0.1, -0.05) is 0 Å². The van der Waals surface area contributed by atoms with Crippen molar-refractivity contribution in [3.63, 3.8) is 0 Å². The molecule has 0 aliphatic heterocycles. The average Bonchev–Trinajstić information content (AvgIpc) is 2.30. The van der Waals surface area contributed by atoms with Crippen LogP contribution in [-0.2, 0) is 0 Å². The van der Waals surface area contributed by atoms with E-state index in [0.29, 0.717) is 11.5 Å². The molecule has 4 nitrogen and oxygen atoms in total. The minimum Gasteiger partial charge on any atom is -0.399 e. The van der Waals surface area contributed by atoms with Crippen LogP contribution in [0.15, 0.2) is 55.7 Å². The molecule has 2 N–H and O–H groups in total. The summed E-state index contributed by atoms with van der Waals surface area (Å²) in [7, 11) is 0. The van der Waals surface area contributed by atoms with Crippen molar-refractivity contribution in [2.24, 2.45) is 10.2 Å². The van der Waals surface area contributed by atoms with Crippen LogP contribution in [0.25, 0.3) is 0 Å². The Morgan fingerprint density at radius 3 is 2.41 bits per heavy atom. The monoisotopic (exact) mass is 354 g/mol. The molecule has 1 aromatic heterocycles. The van der Waals surface area contributed by atoms with Crippen LogP contribution in [-0.4, -0.2) is 4.98 Å². The van der Waals surface area contributed by atoms with Crippen LogP contribution < -0.4 is 5.73 Å². The molecule has 0 bridgehead atoms. The molecular weight excluding hydrogens is 348 g/mol. The lowest BCUT2D eigenvalue weighted by molar-refractivity contribution is 1.14. The number of azo groups is 1. The quantitative estimate of drug-likeness (QED) is 0.631. The standard InChI is InChI=1S/C11H8Br2N4/c12-7-5-10(13)11(15-6-7)17-16-9-3-1-8(14)2-4-9/h1-6H,14H2. The molecule has 0 fully saturated rings. The number of halogens is 2. The number of anilines is 1. The van der Waals surface area contributed by atoms with Crippen molar-refractivity contribution in [3.05, 3.63) is 45.5 Å². The van der Waals surface area contributed by atoms with E-state index in [1.165, 1.54) is 0 Å². The largest absolute Gasteiger partial charge is 0.399 e. The average molecular weight is 356 g/mol. The maximum Gasteiger partial charge on any atom is 0.188 e. The number of aromatic nitrogens is 1. The van der Waals surface area contributed by atoms with E-state index < -0.39 is 0 Å². The lowest BCUT2D eigenvalue weighted by Gasteiger charge is -1.97. The van der Waals surface area contributed by atoms with Gasteiger partial charge in [0, 0.05) is 16.4 Å². The van der Waals surface area contributed by atoms with Gasteiger partial charge < -0.3 is 5.73 Å². The predicted molar refractivity (Wildman–Crippen MR) is 74.7 cm³/mol. The van der Waals surface area contributed by atoms with Gasteiger partial charge in [0.05, 0.1) is 10.2 Å². The molecule has 2 rings (SSSR count). The first-order chi connectivity index (χ1) is 8.15.